The third-order valence-corrected chi connectivity index (χ3v) is 5.44. The minimum absolute atomic E-state index is 0.0687. The molecule has 0 aromatic carbocycles. The van der Waals surface area contributed by atoms with Gasteiger partial charge in [0, 0.05) is 11.8 Å². The summed E-state index contributed by atoms with van der Waals surface area (Å²) in [4.78, 5) is 0. The highest BCUT2D eigenvalue weighted by Gasteiger charge is 2.56. The van der Waals surface area contributed by atoms with E-state index >= 15 is 0 Å². The number of hydrogen-bond acceptors (Lipinski definition) is 2. The van der Waals surface area contributed by atoms with Gasteiger partial charge in [0.05, 0.1) is 18.3 Å². The van der Waals surface area contributed by atoms with E-state index < -0.39 is 0 Å². The second-order valence-electron chi connectivity index (χ2n) is 6.43. The Bertz CT molecular complexity index is 250. The van der Waals surface area contributed by atoms with E-state index in [-0.39, 0.29) is 11.5 Å². The summed E-state index contributed by atoms with van der Waals surface area (Å²) >= 11 is 0. The lowest BCUT2D eigenvalue weighted by Gasteiger charge is -2.52. The van der Waals surface area contributed by atoms with Crippen LogP contribution >= 0.6 is 0 Å². The maximum atomic E-state index is 10.1. The molecule has 0 saturated heterocycles. The molecule has 2 atom stereocenters. The van der Waals surface area contributed by atoms with Crippen molar-refractivity contribution < 1.29 is 9.84 Å². The Labute approximate surface area is 105 Å². The average molecular weight is 238 g/mol. The first-order chi connectivity index (χ1) is 8.31. The molecule has 0 amide bonds. The molecular formula is C15H26O2. The Balaban J connectivity index is 1.57. The summed E-state index contributed by atoms with van der Waals surface area (Å²) in [5, 5.41) is 10.1. The Morgan fingerprint density at radius 2 is 1.53 bits per heavy atom. The van der Waals surface area contributed by atoms with Gasteiger partial charge in [-0.3, -0.25) is 0 Å². The molecule has 0 aromatic heterocycles. The molecule has 1 spiro atoms. The second kappa shape index (κ2) is 4.89. The molecule has 3 fully saturated rings. The molecule has 17 heavy (non-hydrogen) atoms. The van der Waals surface area contributed by atoms with Crippen molar-refractivity contribution in [3.63, 3.8) is 0 Å². The zero-order valence-electron chi connectivity index (χ0n) is 10.9. The van der Waals surface area contributed by atoms with Crippen LogP contribution in [0.25, 0.3) is 0 Å². The predicted octanol–water partition coefficient (Wildman–Crippen LogP) is 3.42. The van der Waals surface area contributed by atoms with E-state index in [1.165, 1.54) is 64.2 Å². The molecule has 0 aromatic rings. The maximum Gasteiger partial charge on any atom is 0.0684 e. The highest BCUT2D eigenvalue weighted by molar-refractivity contribution is 5.06. The van der Waals surface area contributed by atoms with Crippen LogP contribution in [-0.2, 0) is 4.74 Å². The van der Waals surface area contributed by atoms with Gasteiger partial charge in [-0.25, -0.2) is 0 Å². The van der Waals surface area contributed by atoms with Gasteiger partial charge in [0.2, 0.25) is 0 Å². The number of rotatable bonds is 2. The van der Waals surface area contributed by atoms with E-state index in [1.807, 2.05) is 0 Å². The quantitative estimate of drug-likeness (QED) is 0.747. The summed E-state index contributed by atoms with van der Waals surface area (Å²) < 4.78 is 6.36. The highest BCUT2D eigenvalue weighted by Crippen LogP contribution is 2.55. The molecule has 2 nitrogen and oxygen atoms in total. The van der Waals surface area contributed by atoms with Crippen molar-refractivity contribution in [2.75, 3.05) is 0 Å². The van der Waals surface area contributed by atoms with Gasteiger partial charge in [-0.05, 0) is 25.7 Å². The number of aliphatic hydroxyl groups is 1. The van der Waals surface area contributed by atoms with Gasteiger partial charge in [-0.15, -0.1) is 0 Å². The van der Waals surface area contributed by atoms with Crippen molar-refractivity contribution in [1.82, 2.24) is 0 Å². The molecule has 0 bridgehead atoms. The first-order valence-electron chi connectivity index (χ1n) is 7.65. The largest absolute Gasteiger partial charge is 0.392 e. The van der Waals surface area contributed by atoms with E-state index in [4.69, 9.17) is 4.74 Å². The molecule has 1 N–H and O–H groups in total. The molecule has 3 rings (SSSR count). The predicted molar refractivity (Wildman–Crippen MR) is 67.9 cm³/mol. The Morgan fingerprint density at radius 3 is 2.12 bits per heavy atom. The van der Waals surface area contributed by atoms with Gasteiger partial charge in [0.25, 0.3) is 0 Å². The second-order valence-corrected chi connectivity index (χ2v) is 6.43. The fraction of sp³-hybridized carbons (Fsp3) is 1.00. The van der Waals surface area contributed by atoms with Crippen LogP contribution in [0.3, 0.4) is 0 Å². The van der Waals surface area contributed by atoms with E-state index in [9.17, 15) is 5.11 Å². The fourth-order valence-corrected chi connectivity index (χ4v) is 4.22. The lowest BCUT2D eigenvalue weighted by molar-refractivity contribution is -0.209. The number of aliphatic hydroxyl groups excluding tert-OH is 1. The smallest absolute Gasteiger partial charge is 0.0684 e. The summed E-state index contributed by atoms with van der Waals surface area (Å²) in [6, 6.07) is 0. The Hall–Kier alpha value is -0.0800. The zero-order chi connectivity index (χ0) is 11.7. The summed E-state index contributed by atoms with van der Waals surface area (Å²) in [7, 11) is 0. The maximum absolute atomic E-state index is 10.1. The molecule has 3 saturated carbocycles. The lowest BCUT2D eigenvalue weighted by Crippen LogP contribution is -2.57. The van der Waals surface area contributed by atoms with Gasteiger partial charge < -0.3 is 9.84 Å². The molecule has 98 valence electrons. The minimum atomic E-state index is -0.0687. The van der Waals surface area contributed by atoms with Crippen molar-refractivity contribution in [2.45, 2.75) is 88.9 Å². The fourth-order valence-electron chi connectivity index (χ4n) is 4.22. The summed E-state index contributed by atoms with van der Waals surface area (Å²) in [6.45, 7) is 0. The molecule has 2 heteroatoms. The SMILES string of the molecule is OC1CC(OC2CCCCCC2)C12CCCC2. The number of ether oxygens (including phenoxy) is 1. The van der Waals surface area contributed by atoms with Crippen LogP contribution in [0.15, 0.2) is 0 Å². The number of hydrogen-bond donors (Lipinski definition) is 1. The molecule has 0 radical (unpaired) electrons. The van der Waals surface area contributed by atoms with Crippen molar-refractivity contribution in [1.29, 1.82) is 0 Å². The molecule has 3 aliphatic carbocycles. The molecule has 0 aliphatic heterocycles. The first-order valence-corrected chi connectivity index (χ1v) is 7.65. The van der Waals surface area contributed by atoms with E-state index in [1.54, 1.807) is 0 Å². The summed E-state index contributed by atoms with van der Waals surface area (Å²) in [5.41, 5.74) is 0.173. The van der Waals surface area contributed by atoms with E-state index in [0.29, 0.717) is 12.2 Å². The minimum Gasteiger partial charge on any atom is -0.392 e. The van der Waals surface area contributed by atoms with Crippen LogP contribution < -0.4 is 0 Å². The van der Waals surface area contributed by atoms with Crippen LogP contribution in [-0.4, -0.2) is 23.4 Å². The molecule has 3 aliphatic rings. The lowest BCUT2D eigenvalue weighted by atomic mass is 9.62. The standard InChI is InChI=1S/C15H26O2/c16-13-11-14(15(13)9-5-6-10-15)17-12-7-3-1-2-4-8-12/h12-14,16H,1-11H2. The van der Waals surface area contributed by atoms with Crippen LogP contribution in [0, 0.1) is 5.41 Å². The van der Waals surface area contributed by atoms with Gasteiger partial charge in [0.1, 0.15) is 0 Å². The van der Waals surface area contributed by atoms with E-state index in [0.717, 1.165) is 6.42 Å². The van der Waals surface area contributed by atoms with Crippen molar-refractivity contribution in [2.24, 2.45) is 5.41 Å². The summed E-state index contributed by atoms with van der Waals surface area (Å²) in [6.07, 6.45) is 14.6. The van der Waals surface area contributed by atoms with Gasteiger partial charge in [-0.1, -0.05) is 38.5 Å². The highest BCUT2D eigenvalue weighted by atomic mass is 16.5. The zero-order valence-corrected chi connectivity index (χ0v) is 10.9. The third-order valence-electron chi connectivity index (χ3n) is 5.44. The normalized spacial score (nSPS) is 37.9. The van der Waals surface area contributed by atoms with Crippen LogP contribution in [0.2, 0.25) is 0 Å². The monoisotopic (exact) mass is 238 g/mol. The van der Waals surface area contributed by atoms with Gasteiger partial charge >= 0.3 is 0 Å². The topological polar surface area (TPSA) is 29.5 Å². The Morgan fingerprint density at radius 1 is 0.882 bits per heavy atom. The van der Waals surface area contributed by atoms with Crippen molar-refractivity contribution >= 4 is 0 Å². The first kappa shape index (κ1) is 12.0. The molecular weight excluding hydrogens is 212 g/mol. The van der Waals surface area contributed by atoms with Gasteiger partial charge in [-0.2, -0.15) is 0 Å². The van der Waals surface area contributed by atoms with Crippen LogP contribution in [0.4, 0.5) is 0 Å². The van der Waals surface area contributed by atoms with Crippen molar-refractivity contribution in [3.8, 4) is 0 Å². The van der Waals surface area contributed by atoms with Crippen LogP contribution in [0.1, 0.15) is 70.6 Å². The molecule has 2 unspecified atom stereocenters. The average Bonchev–Trinajstić information content (AvgIpc) is 2.73. The van der Waals surface area contributed by atoms with E-state index in [2.05, 4.69) is 0 Å². The molecule has 0 heterocycles. The summed E-state index contributed by atoms with van der Waals surface area (Å²) in [5.74, 6) is 0. The van der Waals surface area contributed by atoms with Gasteiger partial charge in [0.15, 0.2) is 0 Å². The van der Waals surface area contributed by atoms with Crippen LogP contribution in [0.5, 0.6) is 0 Å². The third kappa shape index (κ3) is 2.15. The Kier molecular flexibility index (Phi) is 3.45. The van der Waals surface area contributed by atoms with Crippen molar-refractivity contribution in [3.05, 3.63) is 0 Å².